The zero-order valence-corrected chi connectivity index (χ0v) is 28.9. The molecule has 0 fully saturated rings. The fourth-order valence-electron chi connectivity index (χ4n) is 4.90. The van der Waals surface area contributed by atoms with E-state index in [2.05, 4.69) is 129 Å². The van der Waals surface area contributed by atoms with Crippen molar-refractivity contribution in [3.63, 3.8) is 0 Å². The van der Waals surface area contributed by atoms with E-state index in [-0.39, 0.29) is 0 Å². The van der Waals surface area contributed by atoms with Gasteiger partial charge in [0.2, 0.25) is 0 Å². The van der Waals surface area contributed by atoms with Crippen LogP contribution < -0.4 is 0 Å². The minimum absolute atomic E-state index is 0.949. The highest BCUT2D eigenvalue weighted by Gasteiger charge is 1.89. The summed E-state index contributed by atoms with van der Waals surface area (Å²) in [6, 6.07) is 69.1. The summed E-state index contributed by atoms with van der Waals surface area (Å²) in [4.78, 5) is 16.0. The van der Waals surface area contributed by atoms with Crippen LogP contribution in [0.3, 0.4) is 0 Å². The first-order valence-electron chi connectivity index (χ1n) is 17.0. The molecule has 0 spiro atoms. The molecule has 3 aromatic heterocycles. The van der Waals surface area contributed by atoms with E-state index < -0.39 is 0 Å². The third kappa shape index (κ3) is 12.8. The Morgan fingerprint density at radius 1 is 0.212 bits per heavy atom. The van der Waals surface area contributed by atoms with Crippen LogP contribution in [0.25, 0.3) is 43.4 Å². The summed E-state index contributed by atoms with van der Waals surface area (Å²) in [5, 5.41) is 7.69. The summed E-state index contributed by atoms with van der Waals surface area (Å²) in [6.07, 6.45) is 10.6. The summed E-state index contributed by atoms with van der Waals surface area (Å²) < 4.78 is 0. The van der Waals surface area contributed by atoms with Gasteiger partial charge in [0.05, 0.1) is 11.0 Å². The number of rotatable bonds is 0. The van der Waals surface area contributed by atoms with Gasteiger partial charge in [-0.3, -0.25) is 19.9 Å². The molecule has 3 heterocycles. The lowest BCUT2D eigenvalue weighted by Crippen LogP contribution is -1.78. The molecule has 7 aromatic carbocycles. The van der Waals surface area contributed by atoms with Gasteiger partial charge in [-0.25, -0.2) is 0 Å². The van der Waals surface area contributed by atoms with Crippen LogP contribution in [0.4, 0.5) is 0 Å². The Bertz CT molecular complexity index is 1800. The van der Waals surface area contributed by atoms with Gasteiger partial charge in [-0.05, 0) is 62.6 Å². The van der Waals surface area contributed by atoms with E-state index in [9.17, 15) is 0 Å². The van der Waals surface area contributed by atoms with Gasteiger partial charge in [0, 0.05) is 37.2 Å². The molecular formula is C48H40N4. The number of pyridine rings is 2. The molecule has 4 heteroatoms. The van der Waals surface area contributed by atoms with Crippen LogP contribution in [0.2, 0.25) is 0 Å². The summed E-state index contributed by atoms with van der Waals surface area (Å²) in [7, 11) is 0. The molecule has 0 aliphatic rings. The van der Waals surface area contributed by atoms with Crippen molar-refractivity contribution in [2.24, 2.45) is 0 Å². The van der Waals surface area contributed by atoms with E-state index >= 15 is 0 Å². The quantitative estimate of drug-likeness (QED) is 0.161. The lowest BCUT2D eigenvalue weighted by atomic mass is 10.1. The van der Waals surface area contributed by atoms with Gasteiger partial charge in [0.25, 0.3) is 0 Å². The molecule has 0 amide bonds. The number of fused-ring (bicyclic) bond motifs is 4. The van der Waals surface area contributed by atoms with E-state index in [1.54, 1.807) is 24.8 Å². The molecule has 0 aliphatic carbocycles. The average Bonchev–Trinajstić information content (AvgIpc) is 3.26. The number of para-hydroxylation sites is 2. The summed E-state index contributed by atoms with van der Waals surface area (Å²) in [5.41, 5.74) is 1.90. The highest BCUT2D eigenvalue weighted by atomic mass is 14.8. The Hall–Kier alpha value is -7.04. The maximum Gasteiger partial charge on any atom is 0.0886 e. The molecular weight excluding hydrogens is 633 g/mol. The van der Waals surface area contributed by atoms with Gasteiger partial charge < -0.3 is 0 Å². The second-order valence-corrected chi connectivity index (χ2v) is 11.1. The Kier molecular flexibility index (Phi) is 15.2. The van der Waals surface area contributed by atoms with Crippen molar-refractivity contribution in [3.05, 3.63) is 243 Å². The van der Waals surface area contributed by atoms with E-state index in [0.29, 0.717) is 0 Å². The maximum absolute atomic E-state index is 4.12. The van der Waals surface area contributed by atoms with E-state index in [0.717, 1.165) is 11.0 Å². The zero-order valence-electron chi connectivity index (χ0n) is 28.9. The highest BCUT2D eigenvalue weighted by Crippen LogP contribution is 2.12. The predicted molar refractivity (Wildman–Crippen MR) is 220 cm³/mol. The molecule has 4 nitrogen and oxygen atoms in total. The molecule has 0 atom stereocenters. The average molecular weight is 673 g/mol. The van der Waals surface area contributed by atoms with Crippen molar-refractivity contribution in [1.82, 2.24) is 19.9 Å². The highest BCUT2D eigenvalue weighted by molar-refractivity contribution is 5.83. The lowest BCUT2D eigenvalue weighted by molar-refractivity contribution is 1.29. The van der Waals surface area contributed by atoms with Gasteiger partial charge in [-0.2, -0.15) is 0 Å². The van der Waals surface area contributed by atoms with Gasteiger partial charge in [0.1, 0.15) is 0 Å². The minimum Gasteiger partial charge on any atom is -0.265 e. The van der Waals surface area contributed by atoms with Crippen molar-refractivity contribution in [2.45, 2.75) is 0 Å². The molecule has 0 unspecified atom stereocenters. The summed E-state index contributed by atoms with van der Waals surface area (Å²) in [6.45, 7) is 0. The van der Waals surface area contributed by atoms with E-state index in [1.165, 1.54) is 32.3 Å². The molecule has 0 N–H and O–H groups in total. The molecule has 0 aliphatic heterocycles. The fourth-order valence-corrected chi connectivity index (χ4v) is 4.90. The molecule has 0 saturated carbocycles. The largest absolute Gasteiger partial charge is 0.265 e. The topological polar surface area (TPSA) is 51.6 Å². The second kappa shape index (κ2) is 21.8. The monoisotopic (exact) mass is 672 g/mol. The standard InChI is InChI=1S/2C10H8.C9H7N.C8H6N2.C6H6.C5H5N/c2*1-2-6-10-8-4-3-7-9(10)5-1;1-2-4-9-7-10-6-5-8(9)3-1;1-2-4-8-7(3-1)9-5-6-10-8;2*1-2-4-6-5-3-1/h2*1-8H;1-7H;1-6H;1-6H;1-5H. The van der Waals surface area contributed by atoms with Crippen LogP contribution in [-0.4, -0.2) is 19.9 Å². The molecule has 10 aromatic rings. The van der Waals surface area contributed by atoms with Crippen molar-refractivity contribution >= 4 is 43.4 Å². The first-order valence-corrected chi connectivity index (χ1v) is 17.0. The maximum atomic E-state index is 4.12. The Balaban J connectivity index is 0.000000122. The number of nitrogens with zero attached hydrogens (tertiary/aromatic N) is 4. The van der Waals surface area contributed by atoms with Crippen LogP contribution in [-0.2, 0) is 0 Å². The van der Waals surface area contributed by atoms with Crippen LogP contribution in [0.5, 0.6) is 0 Å². The van der Waals surface area contributed by atoms with Crippen LogP contribution in [0.1, 0.15) is 0 Å². The lowest BCUT2D eigenvalue weighted by Gasteiger charge is -1.92. The molecule has 252 valence electrons. The number of benzene rings is 7. The SMILES string of the molecule is c1ccc2ccccc2c1.c1ccc2ccccc2c1.c1ccc2cnccc2c1.c1ccc2nccnc2c1.c1ccccc1.c1ccncc1. The van der Waals surface area contributed by atoms with Gasteiger partial charge in [-0.15, -0.1) is 0 Å². The molecule has 52 heavy (non-hydrogen) atoms. The number of hydrogen-bond donors (Lipinski definition) is 0. The predicted octanol–water partition coefficient (Wildman–Crippen LogP) is 12.3. The van der Waals surface area contributed by atoms with Crippen molar-refractivity contribution in [1.29, 1.82) is 0 Å². The summed E-state index contributed by atoms with van der Waals surface area (Å²) in [5.74, 6) is 0. The molecule has 0 radical (unpaired) electrons. The Morgan fingerprint density at radius 2 is 0.519 bits per heavy atom. The third-order valence-corrected chi connectivity index (χ3v) is 7.48. The van der Waals surface area contributed by atoms with Gasteiger partial charge in [-0.1, -0.05) is 176 Å². The van der Waals surface area contributed by atoms with Crippen molar-refractivity contribution in [3.8, 4) is 0 Å². The second-order valence-electron chi connectivity index (χ2n) is 11.1. The van der Waals surface area contributed by atoms with Crippen molar-refractivity contribution < 1.29 is 0 Å². The van der Waals surface area contributed by atoms with Crippen molar-refractivity contribution in [2.75, 3.05) is 0 Å². The third-order valence-electron chi connectivity index (χ3n) is 7.48. The van der Waals surface area contributed by atoms with E-state index in [1.807, 2.05) is 109 Å². The van der Waals surface area contributed by atoms with Crippen LogP contribution >= 0.6 is 0 Å². The smallest absolute Gasteiger partial charge is 0.0886 e. The molecule has 0 bridgehead atoms. The van der Waals surface area contributed by atoms with Gasteiger partial charge in [0.15, 0.2) is 0 Å². The minimum atomic E-state index is 0.949. The Morgan fingerprint density at radius 3 is 0.827 bits per heavy atom. The fraction of sp³-hybridized carbons (Fsp3) is 0. The Labute approximate surface area is 305 Å². The first-order chi connectivity index (χ1) is 25.9. The zero-order chi connectivity index (χ0) is 35.7. The van der Waals surface area contributed by atoms with Crippen LogP contribution in [0.15, 0.2) is 243 Å². The first kappa shape index (κ1) is 36.2. The summed E-state index contributed by atoms with van der Waals surface area (Å²) >= 11 is 0. The molecule has 10 rings (SSSR count). The normalized spacial score (nSPS) is 9.54. The molecule has 0 saturated heterocycles. The van der Waals surface area contributed by atoms with Crippen LogP contribution in [0, 0.1) is 0 Å². The van der Waals surface area contributed by atoms with E-state index in [4.69, 9.17) is 0 Å². The van der Waals surface area contributed by atoms with Gasteiger partial charge >= 0.3 is 0 Å². The number of hydrogen-bond acceptors (Lipinski definition) is 4. The number of aromatic nitrogens is 4.